The third kappa shape index (κ3) is 2.59. The molecule has 23 heavy (non-hydrogen) atoms. The number of nitrogens with zero attached hydrogens (tertiary/aromatic N) is 4. The fourth-order valence-electron chi connectivity index (χ4n) is 2.45. The second-order valence-corrected chi connectivity index (χ2v) is 4.82. The Morgan fingerprint density at radius 1 is 1.39 bits per heavy atom. The van der Waals surface area contributed by atoms with Crippen LogP contribution in [0.5, 0.6) is 0 Å². The molecule has 0 radical (unpaired) electrons. The van der Waals surface area contributed by atoms with Crippen molar-refractivity contribution in [2.45, 2.75) is 6.43 Å². The molecule has 3 rings (SSSR count). The van der Waals surface area contributed by atoms with Crippen LogP contribution < -0.4 is 0 Å². The summed E-state index contributed by atoms with van der Waals surface area (Å²) in [5.74, 6) is -0.901. The molecule has 0 unspecified atom stereocenters. The first-order valence-electron chi connectivity index (χ1n) is 6.67. The molecule has 0 bridgehead atoms. The maximum Gasteiger partial charge on any atom is 0.328 e. The van der Waals surface area contributed by atoms with Crippen molar-refractivity contribution in [3.8, 4) is 5.82 Å². The van der Waals surface area contributed by atoms with Crippen LogP contribution in [0.25, 0.3) is 22.9 Å². The van der Waals surface area contributed by atoms with E-state index in [0.29, 0.717) is 11.5 Å². The van der Waals surface area contributed by atoms with Crippen LogP contribution in [-0.4, -0.2) is 30.4 Å². The van der Waals surface area contributed by atoms with Gasteiger partial charge in [0.25, 0.3) is 6.43 Å². The van der Waals surface area contributed by atoms with E-state index in [0.717, 1.165) is 17.5 Å². The highest BCUT2D eigenvalue weighted by atomic mass is 19.3. The highest BCUT2D eigenvalue weighted by molar-refractivity contribution is 5.87. The Kier molecular flexibility index (Phi) is 3.65. The standard InChI is InChI=1S/C15H12F2N4O2/c1-20-15(21-8-6-9-3-2-7-18-14(9)21)10(4-5-11(22)23)12(19-20)13(16)17/h2-8,13H,1H3,(H,22,23). The van der Waals surface area contributed by atoms with Crippen LogP contribution in [0.2, 0.25) is 0 Å². The van der Waals surface area contributed by atoms with Crippen LogP contribution in [0.3, 0.4) is 0 Å². The van der Waals surface area contributed by atoms with Crippen LogP contribution in [0.15, 0.2) is 36.7 Å². The van der Waals surface area contributed by atoms with Crippen LogP contribution >= 0.6 is 0 Å². The van der Waals surface area contributed by atoms with Crippen molar-refractivity contribution < 1.29 is 18.7 Å². The summed E-state index contributed by atoms with van der Waals surface area (Å²) in [6, 6.07) is 5.41. The number of aliphatic carboxylic acids is 1. The minimum atomic E-state index is -2.82. The molecule has 0 atom stereocenters. The van der Waals surface area contributed by atoms with Gasteiger partial charge in [0, 0.05) is 36.5 Å². The predicted molar refractivity (Wildman–Crippen MR) is 79.5 cm³/mol. The zero-order chi connectivity index (χ0) is 16.6. The number of halogens is 2. The lowest BCUT2D eigenvalue weighted by Crippen LogP contribution is -2.03. The quantitative estimate of drug-likeness (QED) is 0.751. The third-order valence-electron chi connectivity index (χ3n) is 3.36. The van der Waals surface area contributed by atoms with Crippen molar-refractivity contribution in [3.05, 3.63) is 47.9 Å². The Balaban J connectivity index is 2.28. The molecule has 6 nitrogen and oxygen atoms in total. The molecular formula is C15H12F2N4O2. The summed E-state index contributed by atoms with van der Waals surface area (Å²) in [6.45, 7) is 0. The summed E-state index contributed by atoms with van der Waals surface area (Å²) in [4.78, 5) is 15.0. The van der Waals surface area contributed by atoms with E-state index in [1.165, 1.54) is 11.7 Å². The van der Waals surface area contributed by atoms with Crippen LogP contribution in [-0.2, 0) is 11.8 Å². The number of aryl methyl sites for hydroxylation is 1. The summed E-state index contributed by atoms with van der Waals surface area (Å²) < 4.78 is 29.3. The van der Waals surface area contributed by atoms with Gasteiger partial charge in [0.1, 0.15) is 17.2 Å². The predicted octanol–water partition coefficient (Wildman–Crippen LogP) is 2.79. The molecule has 0 amide bonds. The molecule has 0 aromatic carbocycles. The molecule has 118 valence electrons. The normalized spacial score (nSPS) is 11.8. The van der Waals surface area contributed by atoms with Crippen molar-refractivity contribution in [1.29, 1.82) is 0 Å². The molecule has 8 heteroatoms. The lowest BCUT2D eigenvalue weighted by Gasteiger charge is -2.07. The lowest BCUT2D eigenvalue weighted by molar-refractivity contribution is -0.131. The maximum absolute atomic E-state index is 13.2. The largest absolute Gasteiger partial charge is 0.478 e. The second kappa shape index (κ2) is 5.64. The van der Waals surface area contributed by atoms with E-state index in [-0.39, 0.29) is 5.56 Å². The van der Waals surface area contributed by atoms with E-state index in [9.17, 15) is 13.6 Å². The average molecular weight is 318 g/mol. The van der Waals surface area contributed by atoms with Gasteiger partial charge in [0.15, 0.2) is 0 Å². The molecule has 3 heterocycles. The van der Waals surface area contributed by atoms with Gasteiger partial charge >= 0.3 is 5.97 Å². The Labute approximate surface area is 129 Å². The van der Waals surface area contributed by atoms with Gasteiger partial charge in [-0.15, -0.1) is 0 Å². The van der Waals surface area contributed by atoms with Gasteiger partial charge < -0.3 is 5.11 Å². The van der Waals surface area contributed by atoms with E-state index in [4.69, 9.17) is 5.11 Å². The lowest BCUT2D eigenvalue weighted by atomic mass is 10.2. The molecular weight excluding hydrogens is 306 g/mol. The second-order valence-electron chi connectivity index (χ2n) is 4.82. The van der Waals surface area contributed by atoms with Gasteiger partial charge in [-0.05, 0) is 24.3 Å². The van der Waals surface area contributed by atoms with Crippen LogP contribution in [0.4, 0.5) is 8.78 Å². The molecule has 3 aromatic heterocycles. The number of hydrogen-bond donors (Lipinski definition) is 1. The van der Waals surface area contributed by atoms with Crippen molar-refractivity contribution in [3.63, 3.8) is 0 Å². The van der Waals surface area contributed by atoms with Gasteiger partial charge in [0.2, 0.25) is 0 Å². The number of alkyl halides is 2. The molecule has 0 saturated carbocycles. The van der Waals surface area contributed by atoms with Crippen molar-refractivity contribution in [2.24, 2.45) is 7.05 Å². The summed E-state index contributed by atoms with van der Waals surface area (Å²) in [5.41, 5.74) is 0.145. The van der Waals surface area contributed by atoms with Gasteiger partial charge in [-0.25, -0.2) is 18.6 Å². The topological polar surface area (TPSA) is 72.9 Å². The highest BCUT2D eigenvalue weighted by Gasteiger charge is 2.23. The fourth-order valence-corrected chi connectivity index (χ4v) is 2.45. The molecule has 0 aliphatic rings. The summed E-state index contributed by atoms with van der Waals surface area (Å²) >= 11 is 0. The van der Waals surface area contributed by atoms with E-state index in [2.05, 4.69) is 10.1 Å². The zero-order valence-electron chi connectivity index (χ0n) is 12.0. The summed E-state index contributed by atoms with van der Waals surface area (Å²) in [6.07, 6.45) is 2.39. The number of hydrogen-bond acceptors (Lipinski definition) is 3. The van der Waals surface area contributed by atoms with Gasteiger partial charge in [-0.3, -0.25) is 9.25 Å². The van der Waals surface area contributed by atoms with E-state index in [1.54, 1.807) is 29.1 Å². The Bertz CT molecular complexity index is 911. The SMILES string of the molecule is Cn1nc(C(F)F)c(C=CC(=O)O)c1-n1ccc2cccnc21. The Morgan fingerprint density at radius 3 is 2.87 bits per heavy atom. The van der Waals surface area contributed by atoms with E-state index < -0.39 is 18.1 Å². The van der Waals surface area contributed by atoms with Crippen molar-refractivity contribution in [2.75, 3.05) is 0 Å². The molecule has 0 aliphatic carbocycles. The number of fused-ring (bicyclic) bond motifs is 1. The highest BCUT2D eigenvalue weighted by Crippen LogP contribution is 2.29. The molecule has 0 fully saturated rings. The van der Waals surface area contributed by atoms with Crippen LogP contribution in [0.1, 0.15) is 17.7 Å². The first-order chi connectivity index (χ1) is 11.0. The molecule has 0 saturated heterocycles. The van der Waals surface area contributed by atoms with E-state index >= 15 is 0 Å². The number of carbonyl (C=O) groups is 1. The minimum absolute atomic E-state index is 0.0491. The zero-order valence-corrected chi connectivity index (χ0v) is 12.0. The average Bonchev–Trinajstić information content (AvgIpc) is 3.05. The van der Waals surface area contributed by atoms with E-state index in [1.807, 2.05) is 6.07 Å². The first-order valence-corrected chi connectivity index (χ1v) is 6.67. The monoisotopic (exact) mass is 318 g/mol. The third-order valence-corrected chi connectivity index (χ3v) is 3.36. The molecule has 1 N–H and O–H groups in total. The number of carboxylic acid groups (broad SMARTS) is 1. The molecule has 3 aromatic rings. The van der Waals surface area contributed by atoms with Gasteiger partial charge in [-0.2, -0.15) is 5.10 Å². The Hall–Kier alpha value is -3.03. The number of rotatable bonds is 4. The summed E-state index contributed by atoms with van der Waals surface area (Å²) in [5, 5.41) is 13.4. The van der Waals surface area contributed by atoms with Crippen LogP contribution in [0, 0.1) is 0 Å². The molecule has 0 spiro atoms. The minimum Gasteiger partial charge on any atom is -0.478 e. The first kappa shape index (κ1) is 14.9. The van der Waals surface area contributed by atoms with Gasteiger partial charge in [0.05, 0.1) is 0 Å². The fraction of sp³-hybridized carbons (Fsp3) is 0.133. The maximum atomic E-state index is 13.2. The smallest absolute Gasteiger partial charge is 0.328 e. The number of carboxylic acids is 1. The summed E-state index contributed by atoms with van der Waals surface area (Å²) in [7, 11) is 1.52. The number of pyridine rings is 1. The number of aromatic nitrogens is 4. The van der Waals surface area contributed by atoms with Crippen molar-refractivity contribution >= 4 is 23.1 Å². The Morgan fingerprint density at radius 2 is 2.17 bits per heavy atom. The molecule has 0 aliphatic heterocycles. The van der Waals surface area contributed by atoms with Gasteiger partial charge in [-0.1, -0.05) is 0 Å². The van der Waals surface area contributed by atoms with Crippen molar-refractivity contribution in [1.82, 2.24) is 19.3 Å².